The third-order valence-corrected chi connectivity index (χ3v) is 4.99. The Hall–Kier alpha value is -2.35. The summed E-state index contributed by atoms with van der Waals surface area (Å²) >= 11 is 0. The Morgan fingerprint density at radius 3 is 2.91 bits per heavy atom. The second-order valence-corrected chi connectivity index (χ2v) is 7.39. The number of anilines is 1. The number of hydrogen-bond acceptors (Lipinski definition) is 4. The van der Waals surface area contributed by atoms with Crippen LogP contribution in [0, 0.1) is 0 Å². The highest BCUT2D eigenvalue weighted by molar-refractivity contribution is 7.92. The van der Waals surface area contributed by atoms with E-state index in [9.17, 15) is 13.2 Å². The molecule has 1 N–H and O–H groups in total. The smallest absolute Gasteiger partial charge is 0.251 e. The summed E-state index contributed by atoms with van der Waals surface area (Å²) in [6.07, 6.45) is 7.04. The molecule has 1 aliphatic heterocycles. The second kappa shape index (κ2) is 6.04. The summed E-state index contributed by atoms with van der Waals surface area (Å²) < 4.78 is 26.7. The minimum atomic E-state index is -3.26. The fourth-order valence-corrected chi connectivity index (χ4v) is 3.64. The van der Waals surface area contributed by atoms with E-state index in [1.807, 2.05) is 10.8 Å². The van der Waals surface area contributed by atoms with Gasteiger partial charge < -0.3 is 9.88 Å². The maximum absolute atomic E-state index is 12.2. The number of amides is 1. The van der Waals surface area contributed by atoms with Crippen LogP contribution in [0.5, 0.6) is 0 Å². The molecule has 0 saturated heterocycles. The summed E-state index contributed by atoms with van der Waals surface area (Å²) in [5.41, 5.74) is 2.10. The standard InChI is InChI=1S/C15H18N4O3S/c1-23(21,22)19-7-4-12-10-13(2-3-14(12)19)15(20)17-6-9-18-8-5-16-11-18/h2-3,5,8,10-11H,4,6-7,9H2,1H3,(H,17,20). The maximum Gasteiger partial charge on any atom is 0.251 e. The van der Waals surface area contributed by atoms with Crippen LogP contribution in [0.3, 0.4) is 0 Å². The zero-order valence-corrected chi connectivity index (χ0v) is 13.6. The summed E-state index contributed by atoms with van der Waals surface area (Å²) in [7, 11) is -3.26. The van der Waals surface area contributed by atoms with Gasteiger partial charge in [-0.05, 0) is 30.2 Å². The molecule has 0 aliphatic carbocycles. The van der Waals surface area contributed by atoms with Crippen molar-refractivity contribution in [2.45, 2.75) is 13.0 Å². The zero-order valence-electron chi connectivity index (χ0n) is 12.8. The summed E-state index contributed by atoms with van der Waals surface area (Å²) in [6.45, 7) is 1.58. The van der Waals surface area contributed by atoms with Gasteiger partial charge in [0.2, 0.25) is 10.0 Å². The Balaban J connectivity index is 1.66. The van der Waals surface area contributed by atoms with E-state index < -0.39 is 10.0 Å². The van der Waals surface area contributed by atoms with Gasteiger partial charge in [0.05, 0.1) is 18.3 Å². The van der Waals surface area contributed by atoms with E-state index in [1.165, 1.54) is 10.6 Å². The Morgan fingerprint density at radius 1 is 1.39 bits per heavy atom. The molecule has 0 unspecified atom stereocenters. The molecule has 8 heteroatoms. The van der Waals surface area contributed by atoms with Crippen LogP contribution in [0.4, 0.5) is 5.69 Å². The zero-order chi connectivity index (χ0) is 16.4. The van der Waals surface area contributed by atoms with Gasteiger partial charge in [-0.15, -0.1) is 0 Å². The Bertz CT molecular complexity index is 815. The first-order chi connectivity index (χ1) is 10.9. The van der Waals surface area contributed by atoms with E-state index in [1.54, 1.807) is 30.7 Å². The number of aromatic nitrogens is 2. The number of imidazole rings is 1. The van der Waals surface area contributed by atoms with Gasteiger partial charge in [-0.25, -0.2) is 13.4 Å². The fraction of sp³-hybridized carbons (Fsp3) is 0.333. The quantitative estimate of drug-likeness (QED) is 0.869. The second-order valence-electron chi connectivity index (χ2n) is 5.49. The maximum atomic E-state index is 12.2. The number of nitrogens with zero attached hydrogens (tertiary/aromatic N) is 3. The Kier molecular flexibility index (Phi) is 4.08. The number of hydrogen-bond donors (Lipinski definition) is 1. The highest BCUT2D eigenvalue weighted by Gasteiger charge is 2.26. The van der Waals surface area contributed by atoms with Gasteiger partial charge in [-0.3, -0.25) is 9.10 Å². The first-order valence-electron chi connectivity index (χ1n) is 7.30. The molecule has 23 heavy (non-hydrogen) atoms. The molecule has 0 fully saturated rings. The van der Waals surface area contributed by atoms with Crippen molar-refractivity contribution in [3.05, 3.63) is 48.0 Å². The molecule has 2 aromatic rings. The predicted molar refractivity (Wildman–Crippen MR) is 86.9 cm³/mol. The number of sulfonamides is 1. The third kappa shape index (κ3) is 3.37. The van der Waals surface area contributed by atoms with Crippen LogP contribution in [-0.2, 0) is 23.0 Å². The molecule has 0 spiro atoms. The Labute approximate surface area is 135 Å². The van der Waals surface area contributed by atoms with Crippen molar-refractivity contribution in [2.75, 3.05) is 23.7 Å². The van der Waals surface area contributed by atoms with E-state index >= 15 is 0 Å². The number of rotatable bonds is 5. The number of benzene rings is 1. The van der Waals surface area contributed by atoms with Crippen molar-refractivity contribution in [2.24, 2.45) is 0 Å². The molecule has 0 bridgehead atoms. The van der Waals surface area contributed by atoms with Crippen molar-refractivity contribution >= 4 is 21.6 Å². The summed E-state index contributed by atoms with van der Waals surface area (Å²) in [5.74, 6) is -0.161. The molecule has 1 aliphatic rings. The molecule has 2 heterocycles. The topological polar surface area (TPSA) is 84.3 Å². The number of carbonyl (C=O) groups excluding carboxylic acids is 1. The average molecular weight is 334 g/mol. The minimum absolute atomic E-state index is 0.161. The van der Waals surface area contributed by atoms with Gasteiger partial charge in [0.25, 0.3) is 5.91 Å². The first kappa shape index (κ1) is 15.5. The monoisotopic (exact) mass is 334 g/mol. The molecular formula is C15H18N4O3S. The number of fused-ring (bicyclic) bond motifs is 1. The predicted octanol–water partition coefficient (Wildman–Crippen LogP) is 0.635. The summed E-state index contributed by atoms with van der Waals surface area (Å²) in [6, 6.07) is 5.14. The molecule has 3 rings (SSSR count). The van der Waals surface area contributed by atoms with Crippen molar-refractivity contribution in [1.82, 2.24) is 14.9 Å². The largest absolute Gasteiger partial charge is 0.350 e. The highest BCUT2D eigenvalue weighted by atomic mass is 32.2. The first-order valence-corrected chi connectivity index (χ1v) is 9.14. The molecular weight excluding hydrogens is 316 g/mol. The van der Waals surface area contributed by atoms with E-state index in [-0.39, 0.29) is 5.91 Å². The molecule has 0 saturated carbocycles. The normalized spacial score (nSPS) is 13.9. The SMILES string of the molecule is CS(=O)(=O)N1CCc2cc(C(=O)NCCn3ccnc3)ccc21. The van der Waals surface area contributed by atoms with Gasteiger partial charge in [0, 0.05) is 37.6 Å². The lowest BCUT2D eigenvalue weighted by molar-refractivity contribution is 0.0952. The van der Waals surface area contributed by atoms with Crippen molar-refractivity contribution < 1.29 is 13.2 Å². The van der Waals surface area contributed by atoms with Crippen LogP contribution in [0.25, 0.3) is 0 Å². The molecule has 122 valence electrons. The van der Waals surface area contributed by atoms with Crippen LogP contribution >= 0.6 is 0 Å². The van der Waals surface area contributed by atoms with Crippen molar-refractivity contribution in [3.8, 4) is 0 Å². The molecule has 1 amide bonds. The number of carbonyl (C=O) groups is 1. The number of nitrogens with one attached hydrogen (secondary N) is 1. The van der Waals surface area contributed by atoms with Gasteiger partial charge >= 0.3 is 0 Å². The summed E-state index contributed by atoms with van der Waals surface area (Å²) in [5, 5.41) is 2.85. The van der Waals surface area contributed by atoms with E-state index in [2.05, 4.69) is 10.3 Å². The van der Waals surface area contributed by atoms with Crippen LogP contribution in [0.1, 0.15) is 15.9 Å². The Morgan fingerprint density at radius 2 is 2.22 bits per heavy atom. The minimum Gasteiger partial charge on any atom is -0.350 e. The van der Waals surface area contributed by atoms with Gasteiger partial charge in [-0.1, -0.05) is 0 Å². The van der Waals surface area contributed by atoms with E-state index in [0.29, 0.717) is 37.3 Å². The summed E-state index contributed by atoms with van der Waals surface area (Å²) in [4.78, 5) is 16.1. The lowest BCUT2D eigenvalue weighted by atomic mass is 10.1. The van der Waals surface area contributed by atoms with Gasteiger partial charge in [0.15, 0.2) is 0 Å². The third-order valence-electron chi connectivity index (χ3n) is 3.81. The van der Waals surface area contributed by atoms with Crippen LogP contribution < -0.4 is 9.62 Å². The van der Waals surface area contributed by atoms with E-state index in [0.717, 1.165) is 5.56 Å². The molecule has 7 nitrogen and oxygen atoms in total. The van der Waals surface area contributed by atoms with Crippen LogP contribution in [0.2, 0.25) is 0 Å². The van der Waals surface area contributed by atoms with Gasteiger partial charge in [-0.2, -0.15) is 0 Å². The molecule has 0 atom stereocenters. The van der Waals surface area contributed by atoms with Crippen LogP contribution in [0.15, 0.2) is 36.9 Å². The van der Waals surface area contributed by atoms with E-state index in [4.69, 9.17) is 0 Å². The van der Waals surface area contributed by atoms with Gasteiger partial charge in [0.1, 0.15) is 0 Å². The lowest BCUT2D eigenvalue weighted by Gasteiger charge is -2.16. The van der Waals surface area contributed by atoms with Crippen molar-refractivity contribution in [1.29, 1.82) is 0 Å². The molecule has 0 radical (unpaired) electrons. The molecule has 1 aromatic heterocycles. The average Bonchev–Trinajstić information content (AvgIpc) is 3.14. The highest BCUT2D eigenvalue weighted by Crippen LogP contribution is 2.30. The fourth-order valence-electron chi connectivity index (χ4n) is 2.68. The lowest BCUT2D eigenvalue weighted by Crippen LogP contribution is -2.28. The van der Waals surface area contributed by atoms with Crippen LogP contribution in [-0.4, -0.2) is 43.2 Å². The molecule has 1 aromatic carbocycles. The van der Waals surface area contributed by atoms with Crippen molar-refractivity contribution in [3.63, 3.8) is 0 Å².